The molecule has 5 heteroatoms. The summed E-state index contributed by atoms with van der Waals surface area (Å²) in [5.74, 6) is -1.21. The molecule has 3 aromatic rings. The normalized spacial score (nSPS) is 12.2. The molecule has 186 valence electrons. The molecule has 0 aliphatic carbocycles. The maximum atomic E-state index is 13.3. The van der Waals surface area contributed by atoms with Crippen molar-refractivity contribution in [2.45, 2.75) is 19.8 Å². The summed E-state index contributed by atoms with van der Waals surface area (Å²) in [6.45, 7) is 4.52. The summed E-state index contributed by atoms with van der Waals surface area (Å²) in [6.07, 6.45) is 2.02. The Morgan fingerprint density at radius 3 is 1.67 bits per heavy atom. The summed E-state index contributed by atoms with van der Waals surface area (Å²) in [5.41, 5.74) is 3.67. The standard InChI is InChI=1S/C31H33NO4/c1-22(2)21-32-29(31(34)36-4)28(30(33)35-3)27(25-18-12-7-13-19-25)20-26(23-14-8-5-9-15-23)24-16-10-6-11-17-24/h5-20,22,26,32H,21H2,1-4H3/b27-20-,29-28+. The Hall–Kier alpha value is -4.12. The van der Waals surface area contributed by atoms with Crippen molar-refractivity contribution in [3.8, 4) is 0 Å². The van der Waals surface area contributed by atoms with E-state index in [0.29, 0.717) is 12.1 Å². The van der Waals surface area contributed by atoms with Gasteiger partial charge < -0.3 is 14.8 Å². The van der Waals surface area contributed by atoms with Crippen LogP contribution in [0.5, 0.6) is 0 Å². The number of carbonyl (C=O) groups excluding carboxylic acids is 2. The predicted molar refractivity (Wildman–Crippen MR) is 143 cm³/mol. The molecular weight excluding hydrogens is 450 g/mol. The number of ether oxygens (including phenoxy) is 2. The van der Waals surface area contributed by atoms with Gasteiger partial charge in [0.15, 0.2) is 0 Å². The number of carbonyl (C=O) groups is 2. The lowest BCUT2D eigenvalue weighted by Gasteiger charge is -2.21. The van der Waals surface area contributed by atoms with Crippen molar-refractivity contribution < 1.29 is 19.1 Å². The summed E-state index contributed by atoms with van der Waals surface area (Å²) < 4.78 is 10.3. The van der Waals surface area contributed by atoms with Gasteiger partial charge >= 0.3 is 11.9 Å². The maximum Gasteiger partial charge on any atom is 0.355 e. The Balaban J connectivity index is 2.36. The van der Waals surface area contributed by atoms with Crippen LogP contribution in [0.15, 0.2) is 108 Å². The zero-order valence-corrected chi connectivity index (χ0v) is 21.2. The first-order valence-electron chi connectivity index (χ1n) is 12.0. The zero-order valence-electron chi connectivity index (χ0n) is 21.2. The molecule has 5 nitrogen and oxygen atoms in total. The van der Waals surface area contributed by atoms with E-state index in [2.05, 4.69) is 29.6 Å². The van der Waals surface area contributed by atoms with Crippen LogP contribution < -0.4 is 5.32 Å². The number of hydrogen-bond donors (Lipinski definition) is 1. The number of rotatable bonds is 10. The van der Waals surface area contributed by atoms with E-state index in [1.165, 1.54) is 14.2 Å². The Kier molecular flexibility index (Phi) is 9.64. The third-order valence-corrected chi connectivity index (χ3v) is 5.72. The van der Waals surface area contributed by atoms with Gasteiger partial charge in [0.25, 0.3) is 0 Å². The molecule has 1 N–H and O–H groups in total. The average molecular weight is 484 g/mol. The summed E-state index contributed by atoms with van der Waals surface area (Å²) in [7, 11) is 2.62. The quantitative estimate of drug-likeness (QED) is 0.226. The topological polar surface area (TPSA) is 64.6 Å². The maximum absolute atomic E-state index is 13.3. The smallest absolute Gasteiger partial charge is 0.355 e. The van der Waals surface area contributed by atoms with Crippen molar-refractivity contribution in [2.75, 3.05) is 20.8 Å². The minimum absolute atomic E-state index is 0.0769. The molecule has 0 heterocycles. The van der Waals surface area contributed by atoms with Crippen LogP contribution in [-0.2, 0) is 19.1 Å². The van der Waals surface area contributed by atoms with Crippen LogP contribution in [0.25, 0.3) is 5.57 Å². The van der Waals surface area contributed by atoms with Crippen LogP contribution >= 0.6 is 0 Å². The minimum Gasteiger partial charge on any atom is -0.465 e. The molecule has 0 atom stereocenters. The molecular formula is C31H33NO4. The highest BCUT2D eigenvalue weighted by Crippen LogP contribution is 2.34. The van der Waals surface area contributed by atoms with E-state index in [1.54, 1.807) is 0 Å². The Morgan fingerprint density at radius 1 is 0.750 bits per heavy atom. The van der Waals surface area contributed by atoms with E-state index < -0.39 is 11.9 Å². The Bertz CT molecular complexity index is 1160. The van der Waals surface area contributed by atoms with Crippen LogP contribution in [0.4, 0.5) is 0 Å². The zero-order chi connectivity index (χ0) is 25.9. The van der Waals surface area contributed by atoms with Crippen molar-refractivity contribution in [1.82, 2.24) is 5.32 Å². The molecule has 0 aromatic heterocycles. The van der Waals surface area contributed by atoms with Gasteiger partial charge in [-0.3, -0.25) is 0 Å². The lowest BCUT2D eigenvalue weighted by Crippen LogP contribution is -2.29. The van der Waals surface area contributed by atoms with Gasteiger partial charge in [-0.1, -0.05) is 111 Å². The van der Waals surface area contributed by atoms with Crippen molar-refractivity contribution in [3.63, 3.8) is 0 Å². The number of hydrogen-bond acceptors (Lipinski definition) is 5. The molecule has 0 radical (unpaired) electrons. The van der Waals surface area contributed by atoms with Crippen molar-refractivity contribution >= 4 is 17.5 Å². The van der Waals surface area contributed by atoms with Crippen LogP contribution in [0, 0.1) is 5.92 Å². The number of benzene rings is 3. The van der Waals surface area contributed by atoms with Gasteiger partial charge in [-0.15, -0.1) is 0 Å². The first-order chi connectivity index (χ1) is 17.5. The number of nitrogens with one attached hydrogen (secondary N) is 1. The Morgan fingerprint density at radius 2 is 1.22 bits per heavy atom. The van der Waals surface area contributed by atoms with Crippen LogP contribution in [0.1, 0.15) is 36.5 Å². The monoisotopic (exact) mass is 483 g/mol. The fraction of sp³-hybridized carbons (Fsp3) is 0.226. The average Bonchev–Trinajstić information content (AvgIpc) is 2.92. The molecule has 0 aliphatic rings. The number of allylic oxidation sites excluding steroid dienone is 1. The molecule has 3 aromatic carbocycles. The highest BCUT2D eigenvalue weighted by atomic mass is 16.5. The van der Waals surface area contributed by atoms with Gasteiger partial charge in [0, 0.05) is 12.5 Å². The largest absolute Gasteiger partial charge is 0.465 e. The summed E-state index contributed by atoms with van der Waals surface area (Å²) in [5, 5.41) is 3.15. The van der Waals surface area contributed by atoms with Crippen LogP contribution in [-0.4, -0.2) is 32.7 Å². The molecule has 0 bridgehead atoms. The fourth-order valence-corrected chi connectivity index (χ4v) is 3.93. The van der Waals surface area contributed by atoms with Gasteiger partial charge in [0.1, 0.15) is 5.70 Å². The number of esters is 2. The molecule has 0 saturated carbocycles. The molecule has 0 spiro atoms. The van der Waals surface area contributed by atoms with E-state index >= 15 is 0 Å². The van der Waals surface area contributed by atoms with E-state index in [-0.39, 0.29) is 23.1 Å². The lowest BCUT2D eigenvalue weighted by molar-refractivity contribution is -0.139. The molecule has 0 amide bonds. The molecule has 0 fully saturated rings. The second-order valence-corrected chi connectivity index (χ2v) is 8.75. The third-order valence-electron chi connectivity index (χ3n) is 5.72. The van der Waals surface area contributed by atoms with Crippen LogP contribution in [0.3, 0.4) is 0 Å². The molecule has 0 aliphatic heterocycles. The molecule has 0 saturated heterocycles. The lowest BCUT2D eigenvalue weighted by atomic mass is 9.85. The van der Waals surface area contributed by atoms with Crippen molar-refractivity contribution in [2.24, 2.45) is 5.92 Å². The van der Waals surface area contributed by atoms with Gasteiger partial charge in [0.05, 0.1) is 19.8 Å². The van der Waals surface area contributed by atoms with E-state index in [1.807, 2.05) is 86.7 Å². The second kappa shape index (κ2) is 13.1. The van der Waals surface area contributed by atoms with Crippen LogP contribution in [0.2, 0.25) is 0 Å². The molecule has 0 unspecified atom stereocenters. The first-order valence-corrected chi connectivity index (χ1v) is 12.0. The highest BCUT2D eigenvalue weighted by Gasteiger charge is 2.28. The molecule has 3 rings (SSSR count). The predicted octanol–water partition coefficient (Wildman–Crippen LogP) is 5.75. The van der Waals surface area contributed by atoms with E-state index in [9.17, 15) is 9.59 Å². The Labute approximate surface area is 213 Å². The third kappa shape index (κ3) is 6.72. The molecule has 36 heavy (non-hydrogen) atoms. The van der Waals surface area contributed by atoms with Gasteiger partial charge in [-0.25, -0.2) is 9.59 Å². The SMILES string of the molecule is COC(=O)/C(NCC(C)C)=C(C(=O)OC)/C(=C\C(c1ccccc1)c1ccccc1)c1ccccc1. The van der Waals surface area contributed by atoms with E-state index in [4.69, 9.17) is 9.47 Å². The minimum atomic E-state index is -0.631. The van der Waals surface area contributed by atoms with E-state index in [0.717, 1.165) is 16.7 Å². The summed E-state index contributed by atoms with van der Waals surface area (Å²) in [4.78, 5) is 26.3. The fourth-order valence-electron chi connectivity index (χ4n) is 3.93. The highest BCUT2D eigenvalue weighted by molar-refractivity contribution is 6.12. The van der Waals surface area contributed by atoms with Gasteiger partial charge in [-0.2, -0.15) is 0 Å². The van der Waals surface area contributed by atoms with Crippen molar-refractivity contribution in [1.29, 1.82) is 0 Å². The summed E-state index contributed by atoms with van der Waals surface area (Å²) in [6, 6.07) is 29.6. The first kappa shape index (κ1) is 26.5. The van der Waals surface area contributed by atoms with Gasteiger partial charge in [0.2, 0.25) is 0 Å². The number of methoxy groups -OCH3 is 2. The second-order valence-electron chi connectivity index (χ2n) is 8.75. The van der Waals surface area contributed by atoms with Crippen molar-refractivity contribution in [3.05, 3.63) is 125 Å². The van der Waals surface area contributed by atoms with Gasteiger partial charge in [-0.05, 0) is 28.2 Å². The summed E-state index contributed by atoms with van der Waals surface area (Å²) >= 11 is 0.